The highest BCUT2D eigenvalue weighted by molar-refractivity contribution is 7.80. The van der Waals surface area contributed by atoms with Gasteiger partial charge in [-0.2, -0.15) is 0 Å². The zero-order chi connectivity index (χ0) is 20.5. The van der Waals surface area contributed by atoms with E-state index in [1.807, 2.05) is 53.4 Å². The molecule has 0 atom stereocenters. The average molecular weight is 414 g/mol. The second-order valence-corrected chi connectivity index (χ2v) is 7.25. The van der Waals surface area contributed by atoms with E-state index in [0.717, 1.165) is 30.0 Å². The second kappa shape index (κ2) is 10.8. The van der Waals surface area contributed by atoms with Crippen LogP contribution in [0.2, 0.25) is 0 Å². The summed E-state index contributed by atoms with van der Waals surface area (Å²) in [5, 5.41) is 6.97. The molecule has 0 spiro atoms. The fourth-order valence-corrected chi connectivity index (χ4v) is 3.31. The van der Waals surface area contributed by atoms with Crippen molar-refractivity contribution >= 4 is 28.9 Å². The molecule has 6 nitrogen and oxygen atoms in total. The second-order valence-electron chi connectivity index (χ2n) is 6.85. The first kappa shape index (κ1) is 21.1. The molecule has 154 valence electrons. The highest BCUT2D eigenvalue weighted by Crippen LogP contribution is 2.13. The van der Waals surface area contributed by atoms with Crippen LogP contribution in [0.25, 0.3) is 0 Å². The number of ether oxygens (including phenoxy) is 2. The summed E-state index contributed by atoms with van der Waals surface area (Å²) in [5.41, 5.74) is 3.11. The molecule has 1 amide bonds. The average Bonchev–Trinajstić information content (AvgIpc) is 2.76. The van der Waals surface area contributed by atoms with Crippen LogP contribution in [0.5, 0.6) is 5.75 Å². The Morgan fingerprint density at radius 3 is 2.38 bits per heavy atom. The van der Waals surface area contributed by atoms with Crippen molar-refractivity contribution < 1.29 is 14.3 Å². The SMILES string of the molecule is COc1ccc(CCNC(=S)Nc2ccc(CC(=O)N3CCOCC3)cc2)cc1. The third-order valence-electron chi connectivity index (χ3n) is 4.79. The third-order valence-corrected chi connectivity index (χ3v) is 5.04. The van der Waals surface area contributed by atoms with Gasteiger partial charge in [0.25, 0.3) is 0 Å². The fraction of sp³-hybridized carbons (Fsp3) is 0.364. The van der Waals surface area contributed by atoms with E-state index in [1.165, 1.54) is 5.56 Å². The number of methoxy groups -OCH3 is 1. The number of morpholine rings is 1. The van der Waals surface area contributed by atoms with Gasteiger partial charge in [-0.25, -0.2) is 0 Å². The molecule has 1 fully saturated rings. The first-order valence-corrected chi connectivity index (χ1v) is 10.2. The highest BCUT2D eigenvalue weighted by Gasteiger charge is 2.16. The number of nitrogens with zero attached hydrogens (tertiary/aromatic N) is 1. The number of amides is 1. The number of carbonyl (C=O) groups is 1. The monoisotopic (exact) mass is 413 g/mol. The molecule has 3 rings (SSSR count). The standard InChI is InChI=1S/C22H27N3O3S/c1-27-20-8-4-17(5-9-20)10-11-23-22(29)24-19-6-2-18(3-7-19)16-21(26)25-12-14-28-15-13-25/h2-9H,10-16H2,1H3,(H2,23,24,29). The summed E-state index contributed by atoms with van der Waals surface area (Å²) < 4.78 is 10.5. The summed E-state index contributed by atoms with van der Waals surface area (Å²) in [6, 6.07) is 15.8. The highest BCUT2D eigenvalue weighted by atomic mass is 32.1. The number of carbonyl (C=O) groups excluding carboxylic acids is 1. The van der Waals surface area contributed by atoms with Crippen LogP contribution < -0.4 is 15.4 Å². The lowest BCUT2D eigenvalue weighted by Gasteiger charge is -2.26. The number of rotatable bonds is 7. The van der Waals surface area contributed by atoms with Crippen LogP contribution in [-0.4, -0.2) is 55.9 Å². The molecule has 1 aliphatic heterocycles. The Kier molecular flexibility index (Phi) is 7.84. The molecule has 2 aromatic carbocycles. The zero-order valence-corrected chi connectivity index (χ0v) is 17.5. The van der Waals surface area contributed by atoms with Crippen LogP contribution in [0.15, 0.2) is 48.5 Å². The summed E-state index contributed by atoms with van der Waals surface area (Å²) in [6.07, 6.45) is 1.28. The molecule has 0 aliphatic carbocycles. The summed E-state index contributed by atoms with van der Waals surface area (Å²) in [4.78, 5) is 14.2. The van der Waals surface area contributed by atoms with Crippen molar-refractivity contribution in [2.75, 3.05) is 45.3 Å². The minimum absolute atomic E-state index is 0.143. The van der Waals surface area contributed by atoms with Crippen molar-refractivity contribution in [3.05, 3.63) is 59.7 Å². The van der Waals surface area contributed by atoms with E-state index in [2.05, 4.69) is 10.6 Å². The Hall–Kier alpha value is -2.64. The fourth-order valence-electron chi connectivity index (χ4n) is 3.09. The first-order valence-electron chi connectivity index (χ1n) is 9.76. The van der Waals surface area contributed by atoms with Crippen molar-refractivity contribution in [1.29, 1.82) is 0 Å². The molecule has 2 aromatic rings. The molecular weight excluding hydrogens is 386 g/mol. The lowest BCUT2D eigenvalue weighted by molar-refractivity contribution is -0.134. The molecule has 0 unspecified atom stereocenters. The topological polar surface area (TPSA) is 62.8 Å². The Labute approximate surface area is 177 Å². The van der Waals surface area contributed by atoms with Crippen molar-refractivity contribution in [3.63, 3.8) is 0 Å². The van der Waals surface area contributed by atoms with E-state index in [0.29, 0.717) is 37.8 Å². The molecule has 7 heteroatoms. The van der Waals surface area contributed by atoms with Crippen LogP contribution in [0.4, 0.5) is 5.69 Å². The quantitative estimate of drug-likeness (QED) is 0.681. The largest absolute Gasteiger partial charge is 0.497 e. The Morgan fingerprint density at radius 1 is 1.07 bits per heavy atom. The van der Waals surface area contributed by atoms with Gasteiger partial charge >= 0.3 is 0 Å². The molecule has 1 saturated heterocycles. The summed E-state index contributed by atoms with van der Waals surface area (Å²) >= 11 is 5.36. The van der Waals surface area contributed by atoms with Gasteiger partial charge in [-0.15, -0.1) is 0 Å². The predicted molar refractivity (Wildman–Crippen MR) is 118 cm³/mol. The molecule has 2 N–H and O–H groups in total. The van der Waals surface area contributed by atoms with Crippen LogP contribution in [0.1, 0.15) is 11.1 Å². The van der Waals surface area contributed by atoms with Gasteiger partial charge in [0, 0.05) is 25.3 Å². The Bertz CT molecular complexity index is 803. The Morgan fingerprint density at radius 2 is 1.72 bits per heavy atom. The van der Waals surface area contributed by atoms with Crippen LogP contribution >= 0.6 is 12.2 Å². The van der Waals surface area contributed by atoms with Gasteiger partial charge in [0.1, 0.15) is 5.75 Å². The maximum atomic E-state index is 12.3. The molecule has 1 heterocycles. The minimum Gasteiger partial charge on any atom is -0.497 e. The van der Waals surface area contributed by atoms with Gasteiger partial charge in [0.15, 0.2) is 5.11 Å². The molecule has 1 aliphatic rings. The van der Waals surface area contributed by atoms with Gasteiger partial charge in [0.2, 0.25) is 5.91 Å². The van der Waals surface area contributed by atoms with E-state index < -0.39 is 0 Å². The molecule has 0 radical (unpaired) electrons. The number of anilines is 1. The van der Waals surface area contributed by atoms with Crippen LogP contribution in [-0.2, 0) is 22.4 Å². The smallest absolute Gasteiger partial charge is 0.227 e. The lowest BCUT2D eigenvalue weighted by Crippen LogP contribution is -2.41. The van der Waals surface area contributed by atoms with Crippen molar-refractivity contribution in [1.82, 2.24) is 10.2 Å². The van der Waals surface area contributed by atoms with Crippen LogP contribution in [0.3, 0.4) is 0 Å². The van der Waals surface area contributed by atoms with Gasteiger partial charge in [-0.05, 0) is 54.0 Å². The molecule has 0 bridgehead atoms. The van der Waals surface area contributed by atoms with Gasteiger partial charge < -0.3 is 25.0 Å². The number of hydrogen-bond donors (Lipinski definition) is 2. The maximum absolute atomic E-state index is 12.3. The van der Waals surface area contributed by atoms with E-state index >= 15 is 0 Å². The number of benzene rings is 2. The molecule has 0 aromatic heterocycles. The predicted octanol–water partition coefficient (Wildman–Crippen LogP) is 2.63. The molecule has 29 heavy (non-hydrogen) atoms. The number of nitrogens with one attached hydrogen (secondary N) is 2. The lowest BCUT2D eigenvalue weighted by atomic mass is 10.1. The molecule has 0 saturated carbocycles. The number of thiocarbonyl (C=S) groups is 1. The van der Waals surface area contributed by atoms with E-state index in [4.69, 9.17) is 21.7 Å². The zero-order valence-electron chi connectivity index (χ0n) is 16.6. The van der Waals surface area contributed by atoms with Crippen LogP contribution in [0, 0.1) is 0 Å². The Balaban J connectivity index is 1.40. The van der Waals surface area contributed by atoms with E-state index in [-0.39, 0.29) is 5.91 Å². The van der Waals surface area contributed by atoms with Crippen molar-refractivity contribution in [2.24, 2.45) is 0 Å². The normalized spacial score (nSPS) is 13.6. The van der Waals surface area contributed by atoms with Gasteiger partial charge in [-0.3, -0.25) is 4.79 Å². The summed E-state index contributed by atoms with van der Waals surface area (Å²) in [6.45, 7) is 3.34. The van der Waals surface area contributed by atoms with Gasteiger partial charge in [0.05, 0.1) is 26.7 Å². The minimum atomic E-state index is 0.143. The van der Waals surface area contributed by atoms with Crippen molar-refractivity contribution in [2.45, 2.75) is 12.8 Å². The van der Waals surface area contributed by atoms with E-state index in [9.17, 15) is 4.79 Å². The first-order chi connectivity index (χ1) is 14.1. The summed E-state index contributed by atoms with van der Waals surface area (Å²) in [5.74, 6) is 0.999. The van der Waals surface area contributed by atoms with Crippen molar-refractivity contribution in [3.8, 4) is 5.75 Å². The summed E-state index contributed by atoms with van der Waals surface area (Å²) in [7, 11) is 1.66. The molecular formula is C22H27N3O3S. The maximum Gasteiger partial charge on any atom is 0.227 e. The third kappa shape index (κ3) is 6.73. The van der Waals surface area contributed by atoms with Gasteiger partial charge in [-0.1, -0.05) is 24.3 Å². The van der Waals surface area contributed by atoms with E-state index in [1.54, 1.807) is 7.11 Å². The number of hydrogen-bond acceptors (Lipinski definition) is 4.